The summed E-state index contributed by atoms with van der Waals surface area (Å²) in [5, 5.41) is 3.35. The first kappa shape index (κ1) is 15.4. The van der Waals surface area contributed by atoms with Crippen LogP contribution in [0.15, 0.2) is 0 Å². The lowest BCUT2D eigenvalue weighted by Gasteiger charge is -2.32. The van der Waals surface area contributed by atoms with Crippen molar-refractivity contribution in [3.8, 4) is 0 Å². The molecule has 1 heterocycles. The van der Waals surface area contributed by atoms with Crippen LogP contribution in [0.1, 0.15) is 33.1 Å². The molecule has 0 aliphatic carbocycles. The molecule has 0 aromatic heterocycles. The number of piperidine rings is 1. The van der Waals surface area contributed by atoms with Gasteiger partial charge in [0.15, 0.2) is 9.84 Å². The predicted molar refractivity (Wildman–Crippen MR) is 72.2 cm³/mol. The molecule has 106 valence electrons. The summed E-state index contributed by atoms with van der Waals surface area (Å²) < 4.78 is 21.9. The van der Waals surface area contributed by atoms with Crippen LogP contribution in [0.3, 0.4) is 0 Å². The zero-order valence-electron chi connectivity index (χ0n) is 11.7. The average Bonchev–Trinajstić information content (AvgIpc) is 2.27. The molecule has 0 aromatic carbocycles. The van der Waals surface area contributed by atoms with Gasteiger partial charge in [-0.15, -0.1) is 0 Å². The van der Waals surface area contributed by atoms with Crippen LogP contribution in [0.2, 0.25) is 0 Å². The van der Waals surface area contributed by atoms with Gasteiger partial charge in [0.05, 0.1) is 0 Å². The van der Waals surface area contributed by atoms with Crippen LogP contribution in [0.4, 0.5) is 0 Å². The molecule has 1 amide bonds. The standard InChI is InChI=1S/C12H24N2O3S/c1-12(2,18(4,16)17)11(15)14(3)9-10-7-5-6-8-13-10/h10,13H,5-9H2,1-4H3. The molecule has 1 rings (SSSR count). The minimum atomic E-state index is -3.40. The first-order valence-electron chi connectivity index (χ1n) is 6.35. The molecule has 0 saturated carbocycles. The molecule has 1 atom stereocenters. The van der Waals surface area contributed by atoms with Crippen molar-refractivity contribution < 1.29 is 13.2 Å². The molecule has 1 unspecified atom stereocenters. The molecule has 0 spiro atoms. The number of carbonyl (C=O) groups excluding carboxylic acids is 1. The Kier molecular flexibility index (Phi) is 4.78. The van der Waals surface area contributed by atoms with Gasteiger partial charge in [-0.1, -0.05) is 6.42 Å². The molecule has 0 aromatic rings. The molecule has 0 radical (unpaired) electrons. The van der Waals surface area contributed by atoms with Gasteiger partial charge in [-0.05, 0) is 33.2 Å². The van der Waals surface area contributed by atoms with E-state index >= 15 is 0 Å². The highest BCUT2D eigenvalue weighted by atomic mass is 32.2. The lowest BCUT2D eigenvalue weighted by Crippen LogP contribution is -2.52. The maximum atomic E-state index is 12.2. The average molecular weight is 276 g/mol. The minimum absolute atomic E-state index is 0.281. The van der Waals surface area contributed by atoms with Crippen molar-refractivity contribution in [2.24, 2.45) is 0 Å². The summed E-state index contributed by atoms with van der Waals surface area (Å²) in [4.78, 5) is 13.7. The second kappa shape index (κ2) is 5.57. The lowest BCUT2D eigenvalue weighted by molar-refractivity contribution is -0.132. The molecule has 6 heteroatoms. The van der Waals surface area contributed by atoms with Gasteiger partial charge in [-0.3, -0.25) is 4.79 Å². The fraction of sp³-hybridized carbons (Fsp3) is 0.917. The highest BCUT2D eigenvalue weighted by Crippen LogP contribution is 2.19. The Morgan fingerprint density at radius 1 is 1.39 bits per heavy atom. The van der Waals surface area contributed by atoms with Crippen molar-refractivity contribution in [2.75, 3.05) is 26.4 Å². The number of nitrogens with one attached hydrogen (secondary N) is 1. The molecule has 1 aliphatic rings. The van der Waals surface area contributed by atoms with Gasteiger partial charge in [0.25, 0.3) is 0 Å². The SMILES string of the molecule is CN(CC1CCCCN1)C(=O)C(C)(C)S(C)(=O)=O. The van der Waals surface area contributed by atoms with E-state index in [-0.39, 0.29) is 11.9 Å². The van der Waals surface area contributed by atoms with E-state index in [9.17, 15) is 13.2 Å². The Morgan fingerprint density at radius 3 is 2.44 bits per heavy atom. The first-order valence-corrected chi connectivity index (χ1v) is 8.24. The summed E-state index contributed by atoms with van der Waals surface area (Å²) in [6.07, 6.45) is 4.48. The second-order valence-corrected chi connectivity index (χ2v) is 8.18. The molecule has 1 fully saturated rings. The van der Waals surface area contributed by atoms with E-state index in [0.717, 1.165) is 25.6 Å². The van der Waals surface area contributed by atoms with Gasteiger partial charge >= 0.3 is 0 Å². The monoisotopic (exact) mass is 276 g/mol. The number of sulfone groups is 1. The Balaban J connectivity index is 2.66. The largest absolute Gasteiger partial charge is 0.343 e. The summed E-state index contributed by atoms with van der Waals surface area (Å²) in [5.41, 5.74) is 0. The molecule has 0 bridgehead atoms. The van der Waals surface area contributed by atoms with Crippen molar-refractivity contribution in [2.45, 2.75) is 43.9 Å². The van der Waals surface area contributed by atoms with E-state index in [1.807, 2.05) is 0 Å². The predicted octanol–water partition coefficient (Wildman–Crippen LogP) is 0.410. The van der Waals surface area contributed by atoms with Crippen LogP contribution in [-0.4, -0.2) is 56.4 Å². The number of carbonyl (C=O) groups is 1. The van der Waals surface area contributed by atoms with Crippen LogP contribution in [0.5, 0.6) is 0 Å². The zero-order valence-corrected chi connectivity index (χ0v) is 12.5. The topological polar surface area (TPSA) is 66.5 Å². The van der Waals surface area contributed by atoms with Crippen molar-refractivity contribution in [3.05, 3.63) is 0 Å². The van der Waals surface area contributed by atoms with Crippen LogP contribution in [0, 0.1) is 0 Å². The second-order valence-electron chi connectivity index (χ2n) is 5.61. The quantitative estimate of drug-likeness (QED) is 0.807. The summed E-state index contributed by atoms with van der Waals surface area (Å²) in [6, 6.07) is 0.281. The highest BCUT2D eigenvalue weighted by Gasteiger charge is 2.40. The smallest absolute Gasteiger partial charge is 0.243 e. The van der Waals surface area contributed by atoms with E-state index in [1.54, 1.807) is 7.05 Å². The molecule has 1 N–H and O–H groups in total. The van der Waals surface area contributed by atoms with Gasteiger partial charge in [0.2, 0.25) is 5.91 Å². The molecule has 18 heavy (non-hydrogen) atoms. The van der Waals surface area contributed by atoms with E-state index < -0.39 is 14.6 Å². The molecular formula is C12H24N2O3S. The number of likely N-dealkylation sites (N-methyl/N-ethyl adjacent to an activating group) is 1. The third kappa shape index (κ3) is 3.45. The van der Waals surface area contributed by atoms with Crippen LogP contribution in [-0.2, 0) is 14.6 Å². The van der Waals surface area contributed by atoms with Crippen LogP contribution in [0.25, 0.3) is 0 Å². The van der Waals surface area contributed by atoms with Gasteiger partial charge in [-0.2, -0.15) is 0 Å². The number of hydrogen-bond acceptors (Lipinski definition) is 4. The van der Waals surface area contributed by atoms with Crippen molar-refractivity contribution in [3.63, 3.8) is 0 Å². The Labute approximate surface area is 110 Å². The van der Waals surface area contributed by atoms with E-state index in [2.05, 4.69) is 5.32 Å². The molecule has 1 aliphatic heterocycles. The number of nitrogens with zero attached hydrogens (tertiary/aromatic N) is 1. The van der Waals surface area contributed by atoms with E-state index in [1.165, 1.54) is 25.2 Å². The van der Waals surface area contributed by atoms with E-state index in [0.29, 0.717) is 6.54 Å². The minimum Gasteiger partial charge on any atom is -0.343 e. The Hall–Kier alpha value is -0.620. The number of rotatable bonds is 4. The van der Waals surface area contributed by atoms with E-state index in [4.69, 9.17) is 0 Å². The van der Waals surface area contributed by atoms with Crippen LogP contribution >= 0.6 is 0 Å². The van der Waals surface area contributed by atoms with Crippen molar-refractivity contribution in [1.82, 2.24) is 10.2 Å². The summed E-state index contributed by atoms with van der Waals surface area (Å²) >= 11 is 0. The van der Waals surface area contributed by atoms with Crippen molar-refractivity contribution in [1.29, 1.82) is 0 Å². The Bertz CT molecular complexity index is 398. The van der Waals surface area contributed by atoms with Gasteiger partial charge in [0.1, 0.15) is 4.75 Å². The maximum absolute atomic E-state index is 12.2. The third-order valence-corrected chi connectivity index (χ3v) is 5.72. The zero-order chi connectivity index (χ0) is 14.0. The van der Waals surface area contributed by atoms with Gasteiger partial charge in [-0.25, -0.2) is 8.42 Å². The highest BCUT2D eigenvalue weighted by molar-refractivity contribution is 7.92. The third-order valence-electron chi connectivity index (χ3n) is 3.70. The van der Waals surface area contributed by atoms with Crippen LogP contribution < -0.4 is 5.32 Å². The first-order chi connectivity index (χ1) is 8.16. The summed E-state index contributed by atoms with van der Waals surface area (Å²) in [6.45, 7) is 4.48. The summed E-state index contributed by atoms with van der Waals surface area (Å²) in [5.74, 6) is -0.336. The van der Waals surface area contributed by atoms with Crippen molar-refractivity contribution >= 4 is 15.7 Å². The fourth-order valence-electron chi connectivity index (χ4n) is 2.11. The number of amides is 1. The normalized spacial score (nSPS) is 21.7. The lowest BCUT2D eigenvalue weighted by atomic mass is 10.0. The molecule has 5 nitrogen and oxygen atoms in total. The van der Waals surface area contributed by atoms with Gasteiger partial charge in [0, 0.05) is 25.9 Å². The maximum Gasteiger partial charge on any atom is 0.243 e. The Morgan fingerprint density at radius 2 is 2.00 bits per heavy atom. The molecule has 1 saturated heterocycles. The fourth-order valence-corrected chi connectivity index (χ4v) is 2.58. The van der Waals surface area contributed by atoms with Gasteiger partial charge < -0.3 is 10.2 Å². The number of hydrogen-bond donors (Lipinski definition) is 1. The summed E-state index contributed by atoms with van der Waals surface area (Å²) in [7, 11) is -1.73. The molecular weight excluding hydrogens is 252 g/mol.